The van der Waals surface area contributed by atoms with E-state index in [4.69, 9.17) is 5.02 Å². The van der Waals surface area contributed by atoms with E-state index in [-0.39, 0.29) is 0 Å². The highest BCUT2D eigenvalue weighted by Crippen LogP contribution is 1.83. The standard InChI is InChI=1S/C3H10BNO3/c1-3-4(6)8-5-7-2/h5-6H,3H2,1-2H3. The summed E-state index contributed by atoms with van der Waals surface area (Å²) < 4.78 is 4.42. The molecular weight excluding hydrogens is 109 g/mol. The Morgan fingerprint density at radius 3 is 2.75 bits per heavy atom. The van der Waals surface area contributed by atoms with Gasteiger partial charge in [0.1, 0.15) is 0 Å². The van der Waals surface area contributed by atoms with Crippen molar-refractivity contribution in [3.05, 3.63) is 0 Å². The van der Waals surface area contributed by atoms with Crippen molar-refractivity contribution in [3.8, 4) is 0 Å². The Balaban J connectivity index is 2.86. The molecule has 0 radical (unpaired) electrons. The van der Waals surface area contributed by atoms with E-state index in [0.29, 0.717) is 6.32 Å². The lowest BCUT2D eigenvalue weighted by Gasteiger charge is -2.02. The van der Waals surface area contributed by atoms with Gasteiger partial charge in [-0.05, 0) is 6.32 Å². The first kappa shape index (κ1) is 7.90. The van der Waals surface area contributed by atoms with Crippen LogP contribution in [0.3, 0.4) is 0 Å². The van der Waals surface area contributed by atoms with Crippen molar-refractivity contribution < 1.29 is 14.6 Å². The fourth-order valence-electron chi connectivity index (χ4n) is 0.187. The summed E-state index contributed by atoms with van der Waals surface area (Å²) in [5, 5.41) is 8.62. The summed E-state index contributed by atoms with van der Waals surface area (Å²) in [4.78, 5) is 4.28. The molecule has 0 rings (SSSR count). The molecule has 0 amide bonds. The van der Waals surface area contributed by atoms with Crippen LogP contribution in [0.4, 0.5) is 0 Å². The van der Waals surface area contributed by atoms with Crippen molar-refractivity contribution in [2.24, 2.45) is 0 Å². The van der Waals surface area contributed by atoms with Crippen LogP contribution in [0.25, 0.3) is 0 Å². The Morgan fingerprint density at radius 2 is 2.38 bits per heavy atom. The van der Waals surface area contributed by atoms with E-state index >= 15 is 0 Å². The van der Waals surface area contributed by atoms with Gasteiger partial charge in [0.25, 0.3) is 0 Å². The van der Waals surface area contributed by atoms with Gasteiger partial charge in [-0.15, -0.1) is 0 Å². The highest BCUT2D eigenvalue weighted by atomic mass is 16.9. The summed E-state index contributed by atoms with van der Waals surface area (Å²) in [6, 6.07) is 0. The van der Waals surface area contributed by atoms with Gasteiger partial charge >= 0.3 is 7.12 Å². The third-order valence-corrected chi connectivity index (χ3v) is 0.617. The summed E-state index contributed by atoms with van der Waals surface area (Å²) >= 11 is 0. The molecular formula is C3H10BNO3. The van der Waals surface area contributed by atoms with Crippen LogP contribution in [0.15, 0.2) is 0 Å². The second kappa shape index (κ2) is 5.05. The summed E-state index contributed by atoms with van der Waals surface area (Å²) in [5.74, 6) is 0. The Kier molecular flexibility index (Phi) is 4.99. The molecule has 0 aliphatic rings. The van der Waals surface area contributed by atoms with Gasteiger partial charge in [0.05, 0.1) is 7.11 Å². The molecule has 5 heteroatoms. The van der Waals surface area contributed by atoms with Gasteiger partial charge in [-0.1, -0.05) is 12.6 Å². The van der Waals surface area contributed by atoms with Crippen LogP contribution < -0.4 is 5.64 Å². The molecule has 0 aliphatic heterocycles. The number of nitrogens with one attached hydrogen (secondary N) is 1. The molecule has 2 N–H and O–H groups in total. The van der Waals surface area contributed by atoms with E-state index in [9.17, 15) is 0 Å². The summed E-state index contributed by atoms with van der Waals surface area (Å²) in [7, 11) is 0.623. The summed E-state index contributed by atoms with van der Waals surface area (Å²) in [6.45, 7) is 1.79. The molecule has 0 aliphatic carbocycles. The first-order valence-corrected chi connectivity index (χ1v) is 2.43. The van der Waals surface area contributed by atoms with Crippen molar-refractivity contribution >= 4 is 7.12 Å². The normalized spacial score (nSPS) is 9.38. The number of hydrogen-bond acceptors (Lipinski definition) is 4. The highest BCUT2D eigenvalue weighted by molar-refractivity contribution is 6.42. The van der Waals surface area contributed by atoms with E-state index in [1.165, 1.54) is 7.11 Å². The Labute approximate surface area is 48.8 Å². The van der Waals surface area contributed by atoms with Crippen molar-refractivity contribution in [1.82, 2.24) is 5.64 Å². The Morgan fingerprint density at radius 1 is 1.75 bits per heavy atom. The quantitative estimate of drug-likeness (QED) is 0.389. The molecule has 0 fully saturated rings. The SMILES string of the molecule is CCB(O)ONOC. The minimum Gasteiger partial charge on any atom is -0.426 e. The Bertz CT molecular complexity index is 53.8. The van der Waals surface area contributed by atoms with E-state index < -0.39 is 7.12 Å². The predicted molar refractivity (Wildman–Crippen MR) is 29.7 cm³/mol. The van der Waals surface area contributed by atoms with Crippen LogP contribution >= 0.6 is 0 Å². The zero-order chi connectivity index (χ0) is 6.41. The van der Waals surface area contributed by atoms with Crippen molar-refractivity contribution in [3.63, 3.8) is 0 Å². The minimum atomic E-state index is -0.782. The zero-order valence-corrected chi connectivity index (χ0v) is 5.05. The molecule has 0 aromatic carbocycles. The van der Waals surface area contributed by atoms with Gasteiger partial charge < -0.3 is 9.78 Å². The molecule has 0 aromatic heterocycles. The molecule has 0 bridgehead atoms. The fraction of sp³-hybridized carbons (Fsp3) is 1.00. The van der Waals surface area contributed by atoms with E-state index in [1.54, 1.807) is 6.92 Å². The minimum absolute atomic E-state index is 0.538. The van der Waals surface area contributed by atoms with Gasteiger partial charge in [-0.2, -0.15) is 0 Å². The second-order valence-electron chi connectivity index (χ2n) is 1.27. The lowest BCUT2D eigenvalue weighted by molar-refractivity contribution is -0.0919. The molecule has 48 valence electrons. The van der Waals surface area contributed by atoms with Crippen molar-refractivity contribution in [2.75, 3.05) is 7.11 Å². The molecule has 0 saturated carbocycles. The molecule has 0 saturated heterocycles. The maximum atomic E-state index is 8.62. The monoisotopic (exact) mass is 119 g/mol. The molecule has 0 atom stereocenters. The zero-order valence-electron chi connectivity index (χ0n) is 5.05. The predicted octanol–water partition coefficient (Wildman–Crippen LogP) is -0.431. The maximum Gasteiger partial charge on any atom is 0.474 e. The summed E-state index contributed by atoms with van der Waals surface area (Å²) in [5.41, 5.74) is 2.05. The number of rotatable bonds is 4. The molecule has 0 unspecified atom stereocenters. The third kappa shape index (κ3) is 4.07. The van der Waals surface area contributed by atoms with Gasteiger partial charge in [0.2, 0.25) is 0 Å². The topological polar surface area (TPSA) is 50.7 Å². The maximum absolute atomic E-state index is 8.62. The molecule has 0 heterocycles. The first-order chi connectivity index (χ1) is 3.81. The van der Waals surface area contributed by atoms with E-state index in [1.807, 2.05) is 5.64 Å². The van der Waals surface area contributed by atoms with Crippen molar-refractivity contribution in [1.29, 1.82) is 0 Å². The van der Waals surface area contributed by atoms with Crippen LogP contribution in [0.5, 0.6) is 0 Å². The largest absolute Gasteiger partial charge is 0.474 e. The number of hydrogen-bond donors (Lipinski definition) is 2. The van der Waals surface area contributed by atoms with Crippen LogP contribution in [-0.4, -0.2) is 19.3 Å². The third-order valence-electron chi connectivity index (χ3n) is 0.617. The van der Waals surface area contributed by atoms with Crippen LogP contribution in [0.1, 0.15) is 6.92 Å². The van der Waals surface area contributed by atoms with E-state index in [0.717, 1.165) is 0 Å². The molecule has 0 aromatic rings. The van der Waals surface area contributed by atoms with Crippen LogP contribution in [-0.2, 0) is 9.59 Å². The van der Waals surface area contributed by atoms with Gasteiger partial charge in [0.15, 0.2) is 0 Å². The van der Waals surface area contributed by atoms with E-state index in [2.05, 4.69) is 9.59 Å². The smallest absolute Gasteiger partial charge is 0.426 e. The van der Waals surface area contributed by atoms with Gasteiger partial charge in [-0.25, -0.2) is 0 Å². The average Bonchev–Trinajstić information content (AvgIpc) is 1.83. The van der Waals surface area contributed by atoms with Gasteiger partial charge in [0, 0.05) is 0 Å². The van der Waals surface area contributed by atoms with Crippen LogP contribution in [0.2, 0.25) is 6.32 Å². The lowest BCUT2D eigenvalue weighted by Crippen LogP contribution is -2.25. The molecule has 0 spiro atoms. The molecule has 4 nitrogen and oxygen atoms in total. The molecule has 8 heavy (non-hydrogen) atoms. The summed E-state index contributed by atoms with van der Waals surface area (Å²) in [6.07, 6.45) is 0.538. The van der Waals surface area contributed by atoms with Gasteiger partial charge in [-0.3, -0.25) is 4.84 Å². The lowest BCUT2D eigenvalue weighted by atomic mass is 9.88. The van der Waals surface area contributed by atoms with Crippen LogP contribution in [0, 0.1) is 0 Å². The fourth-order valence-corrected chi connectivity index (χ4v) is 0.187. The van der Waals surface area contributed by atoms with Crippen molar-refractivity contribution in [2.45, 2.75) is 13.2 Å². The first-order valence-electron chi connectivity index (χ1n) is 2.43. The second-order valence-corrected chi connectivity index (χ2v) is 1.27. The average molecular weight is 119 g/mol. The highest BCUT2D eigenvalue weighted by Gasteiger charge is 2.07. The Hall–Kier alpha value is -0.0951.